The molecule has 108 valence electrons. The lowest BCUT2D eigenvalue weighted by molar-refractivity contribution is 0.188. The summed E-state index contributed by atoms with van der Waals surface area (Å²) >= 11 is 1.82. The zero-order valence-corrected chi connectivity index (χ0v) is 13.2. The highest BCUT2D eigenvalue weighted by molar-refractivity contribution is 7.09. The standard InChI is InChI=1S/C16H23N3S/c1-12-6-7-14(11-18-12)16(10-17)19(3)13(2)9-15-5-4-8-20-15/h4-8,11,13,16H,9-10,17H2,1-3H3. The third-order valence-corrected chi connectivity index (χ3v) is 4.70. The summed E-state index contributed by atoms with van der Waals surface area (Å²) in [5, 5.41) is 2.13. The molecule has 0 aliphatic heterocycles. The van der Waals surface area contributed by atoms with Gasteiger partial charge in [-0.2, -0.15) is 0 Å². The van der Waals surface area contributed by atoms with Crippen LogP contribution >= 0.6 is 11.3 Å². The summed E-state index contributed by atoms with van der Waals surface area (Å²) in [6, 6.07) is 9.16. The quantitative estimate of drug-likeness (QED) is 0.889. The van der Waals surface area contributed by atoms with E-state index in [4.69, 9.17) is 5.73 Å². The van der Waals surface area contributed by atoms with Gasteiger partial charge in [0.15, 0.2) is 0 Å². The second-order valence-corrected chi connectivity index (χ2v) is 6.31. The van der Waals surface area contributed by atoms with E-state index in [-0.39, 0.29) is 6.04 Å². The van der Waals surface area contributed by atoms with Gasteiger partial charge in [-0.3, -0.25) is 9.88 Å². The summed E-state index contributed by atoms with van der Waals surface area (Å²) in [6.45, 7) is 4.87. The smallest absolute Gasteiger partial charge is 0.0485 e. The van der Waals surface area contributed by atoms with Crippen molar-refractivity contribution < 1.29 is 0 Å². The molecule has 3 nitrogen and oxygen atoms in total. The van der Waals surface area contributed by atoms with Crippen LogP contribution in [0.25, 0.3) is 0 Å². The fourth-order valence-electron chi connectivity index (χ4n) is 2.38. The first kappa shape index (κ1) is 15.2. The van der Waals surface area contributed by atoms with Crippen molar-refractivity contribution in [2.24, 2.45) is 5.73 Å². The van der Waals surface area contributed by atoms with Gasteiger partial charge in [0, 0.05) is 35.4 Å². The van der Waals surface area contributed by atoms with Crippen molar-refractivity contribution in [2.75, 3.05) is 13.6 Å². The van der Waals surface area contributed by atoms with Gasteiger partial charge in [-0.05, 0) is 50.4 Å². The molecule has 0 saturated heterocycles. The average Bonchev–Trinajstić information content (AvgIpc) is 2.94. The summed E-state index contributed by atoms with van der Waals surface area (Å²) in [7, 11) is 2.15. The van der Waals surface area contributed by atoms with Crippen molar-refractivity contribution in [1.29, 1.82) is 0 Å². The molecule has 2 unspecified atom stereocenters. The van der Waals surface area contributed by atoms with Gasteiger partial charge in [0.2, 0.25) is 0 Å². The number of nitrogens with two attached hydrogens (primary N) is 1. The van der Waals surface area contributed by atoms with E-state index in [2.05, 4.69) is 53.5 Å². The van der Waals surface area contributed by atoms with Crippen LogP contribution in [0.4, 0.5) is 0 Å². The highest BCUT2D eigenvalue weighted by Crippen LogP contribution is 2.22. The van der Waals surface area contributed by atoms with Crippen molar-refractivity contribution in [3.63, 3.8) is 0 Å². The second-order valence-electron chi connectivity index (χ2n) is 5.28. The van der Waals surface area contributed by atoms with Crippen molar-refractivity contribution in [1.82, 2.24) is 9.88 Å². The van der Waals surface area contributed by atoms with E-state index in [1.54, 1.807) is 0 Å². The summed E-state index contributed by atoms with van der Waals surface area (Å²) in [5.41, 5.74) is 8.22. The van der Waals surface area contributed by atoms with Gasteiger partial charge >= 0.3 is 0 Å². The number of aryl methyl sites for hydroxylation is 1. The highest BCUT2D eigenvalue weighted by atomic mass is 32.1. The summed E-state index contributed by atoms with van der Waals surface area (Å²) in [5.74, 6) is 0. The first-order valence-electron chi connectivity index (χ1n) is 6.98. The predicted octanol–water partition coefficient (Wildman–Crippen LogP) is 3.01. The number of pyridine rings is 1. The van der Waals surface area contributed by atoms with E-state index >= 15 is 0 Å². The second kappa shape index (κ2) is 6.97. The molecule has 2 N–H and O–H groups in total. The molecule has 2 heterocycles. The molecule has 0 aromatic carbocycles. The SMILES string of the molecule is Cc1ccc(C(CN)N(C)C(C)Cc2cccs2)cn1. The third-order valence-electron chi connectivity index (χ3n) is 3.81. The van der Waals surface area contributed by atoms with E-state index in [1.807, 2.05) is 24.5 Å². The van der Waals surface area contributed by atoms with Crippen LogP contribution in [0.3, 0.4) is 0 Å². The number of rotatable bonds is 6. The minimum Gasteiger partial charge on any atom is -0.329 e. The van der Waals surface area contributed by atoms with Gasteiger partial charge in [-0.1, -0.05) is 12.1 Å². The Balaban J connectivity index is 2.08. The maximum Gasteiger partial charge on any atom is 0.0485 e. The lowest BCUT2D eigenvalue weighted by Gasteiger charge is -2.32. The fourth-order valence-corrected chi connectivity index (χ4v) is 3.21. The van der Waals surface area contributed by atoms with E-state index in [0.717, 1.165) is 12.1 Å². The van der Waals surface area contributed by atoms with E-state index < -0.39 is 0 Å². The van der Waals surface area contributed by atoms with Crippen LogP contribution in [0.15, 0.2) is 35.8 Å². The lowest BCUT2D eigenvalue weighted by atomic mass is 10.0. The number of aromatic nitrogens is 1. The van der Waals surface area contributed by atoms with Crippen LogP contribution in [0.2, 0.25) is 0 Å². The summed E-state index contributed by atoms with van der Waals surface area (Å²) in [6.07, 6.45) is 3.01. The summed E-state index contributed by atoms with van der Waals surface area (Å²) < 4.78 is 0. The first-order chi connectivity index (χ1) is 9.61. The molecule has 2 aromatic heterocycles. The largest absolute Gasteiger partial charge is 0.329 e. The van der Waals surface area contributed by atoms with Crippen molar-refractivity contribution in [3.8, 4) is 0 Å². The van der Waals surface area contributed by atoms with Crippen LogP contribution < -0.4 is 5.73 Å². The van der Waals surface area contributed by atoms with Crippen molar-refractivity contribution in [2.45, 2.75) is 32.4 Å². The van der Waals surface area contributed by atoms with E-state index in [0.29, 0.717) is 12.6 Å². The number of thiophene rings is 1. The Morgan fingerprint density at radius 3 is 2.70 bits per heavy atom. The molecule has 0 saturated carbocycles. The molecule has 0 fully saturated rings. The molecule has 2 rings (SSSR count). The van der Waals surface area contributed by atoms with Gasteiger partial charge < -0.3 is 5.73 Å². The zero-order chi connectivity index (χ0) is 14.5. The molecule has 4 heteroatoms. The van der Waals surface area contributed by atoms with Gasteiger partial charge in [0.05, 0.1) is 0 Å². The molecular weight excluding hydrogens is 266 g/mol. The molecule has 0 amide bonds. The Morgan fingerprint density at radius 1 is 1.35 bits per heavy atom. The Kier molecular flexibility index (Phi) is 5.29. The highest BCUT2D eigenvalue weighted by Gasteiger charge is 2.21. The average molecular weight is 289 g/mol. The number of hydrogen-bond acceptors (Lipinski definition) is 4. The molecule has 0 bridgehead atoms. The Bertz CT molecular complexity index is 507. The maximum atomic E-state index is 5.99. The summed E-state index contributed by atoms with van der Waals surface area (Å²) in [4.78, 5) is 8.16. The van der Waals surface area contributed by atoms with E-state index in [1.165, 1.54) is 10.4 Å². The van der Waals surface area contributed by atoms with Crippen molar-refractivity contribution in [3.05, 3.63) is 52.0 Å². The van der Waals surface area contributed by atoms with Crippen molar-refractivity contribution >= 4 is 11.3 Å². The normalized spacial score (nSPS) is 14.4. The molecule has 20 heavy (non-hydrogen) atoms. The van der Waals surface area contributed by atoms with Crippen LogP contribution in [-0.2, 0) is 6.42 Å². The van der Waals surface area contributed by atoms with Gasteiger partial charge in [0.25, 0.3) is 0 Å². The lowest BCUT2D eigenvalue weighted by Crippen LogP contribution is -2.38. The molecular formula is C16H23N3S. The van der Waals surface area contributed by atoms with Crippen LogP contribution in [-0.4, -0.2) is 29.5 Å². The minimum absolute atomic E-state index is 0.220. The van der Waals surface area contributed by atoms with Gasteiger partial charge in [-0.25, -0.2) is 0 Å². The van der Waals surface area contributed by atoms with Crippen LogP contribution in [0, 0.1) is 6.92 Å². The minimum atomic E-state index is 0.220. The maximum absolute atomic E-state index is 5.99. The Morgan fingerprint density at radius 2 is 2.15 bits per heavy atom. The number of hydrogen-bond donors (Lipinski definition) is 1. The fraction of sp³-hybridized carbons (Fsp3) is 0.438. The topological polar surface area (TPSA) is 42.1 Å². The molecule has 0 aliphatic rings. The van der Waals surface area contributed by atoms with Crippen LogP contribution in [0.5, 0.6) is 0 Å². The zero-order valence-electron chi connectivity index (χ0n) is 12.4. The monoisotopic (exact) mass is 289 g/mol. The van der Waals surface area contributed by atoms with Gasteiger partial charge in [-0.15, -0.1) is 11.3 Å². The molecule has 0 spiro atoms. The van der Waals surface area contributed by atoms with E-state index in [9.17, 15) is 0 Å². The molecule has 0 radical (unpaired) electrons. The predicted molar refractivity (Wildman–Crippen MR) is 86.0 cm³/mol. The van der Waals surface area contributed by atoms with Crippen LogP contribution in [0.1, 0.15) is 29.1 Å². The first-order valence-corrected chi connectivity index (χ1v) is 7.86. The molecule has 0 aliphatic carbocycles. The molecule has 2 aromatic rings. The Labute approximate surface area is 125 Å². The van der Waals surface area contributed by atoms with Gasteiger partial charge in [0.1, 0.15) is 0 Å². The number of nitrogens with zero attached hydrogens (tertiary/aromatic N) is 2. The Hall–Kier alpha value is -1.23. The number of likely N-dealkylation sites (N-methyl/N-ethyl adjacent to an activating group) is 1. The molecule has 2 atom stereocenters. The third kappa shape index (κ3) is 3.66.